The van der Waals surface area contributed by atoms with Crippen LogP contribution in [0.5, 0.6) is 0 Å². The smallest absolute Gasteiger partial charge is 0.252 e. The first-order valence-corrected chi connectivity index (χ1v) is 4.75. The quantitative estimate of drug-likeness (QED) is 0.665. The summed E-state index contributed by atoms with van der Waals surface area (Å²) in [4.78, 5) is 14.1. The van der Waals surface area contributed by atoms with Gasteiger partial charge >= 0.3 is 0 Å². The number of aromatic amines is 1. The average Bonchev–Trinajstić information content (AvgIpc) is 2.18. The fourth-order valence-corrected chi connectivity index (χ4v) is 2.03. The zero-order valence-corrected chi connectivity index (χ0v) is 7.60. The number of H-pyrrole nitrogens is 1. The number of aryl methyl sites for hydroxylation is 1. The summed E-state index contributed by atoms with van der Waals surface area (Å²) in [6.45, 7) is 0.360. The largest absolute Gasteiger partial charge is 0.329 e. The molecule has 0 saturated heterocycles. The number of pyridine rings is 1. The first-order chi connectivity index (χ1) is 6.33. The summed E-state index contributed by atoms with van der Waals surface area (Å²) in [6, 6.07) is 0. The lowest BCUT2D eigenvalue weighted by Gasteiger charge is -2.17. The number of fused-ring (bicyclic) bond motifs is 1. The maximum Gasteiger partial charge on any atom is 0.252 e. The number of hydrogen-bond donors (Lipinski definition) is 2. The molecule has 3 heteroatoms. The van der Waals surface area contributed by atoms with Gasteiger partial charge in [0.2, 0.25) is 0 Å². The van der Waals surface area contributed by atoms with Gasteiger partial charge in [-0.3, -0.25) is 4.79 Å². The van der Waals surface area contributed by atoms with E-state index in [4.69, 9.17) is 5.73 Å². The van der Waals surface area contributed by atoms with Gasteiger partial charge in [0, 0.05) is 18.3 Å². The van der Waals surface area contributed by atoms with Gasteiger partial charge in [-0.15, -0.1) is 0 Å². The van der Waals surface area contributed by atoms with E-state index in [0.717, 1.165) is 18.4 Å². The lowest BCUT2D eigenvalue weighted by Crippen LogP contribution is -2.22. The Morgan fingerprint density at radius 3 is 2.92 bits per heavy atom. The summed E-state index contributed by atoms with van der Waals surface area (Å²) >= 11 is 0. The number of nitrogens with one attached hydrogen (secondary N) is 1. The highest BCUT2D eigenvalue weighted by molar-refractivity contribution is 5.33. The second kappa shape index (κ2) is 3.34. The molecule has 1 aromatic rings. The minimum absolute atomic E-state index is 0.0110. The van der Waals surface area contributed by atoms with Crippen molar-refractivity contribution in [1.82, 2.24) is 4.98 Å². The monoisotopic (exact) mass is 178 g/mol. The lowest BCUT2D eigenvalue weighted by atomic mass is 9.90. The van der Waals surface area contributed by atoms with Crippen molar-refractivity contribution in [2.45, 2.75) is 32.2 Å². The SMILES string of the molecule is NCc1c2c(c[nH]c1=O)CCCC2. The fraction of sp³-hybridized carbons (Fsp3) is 0.500. The highest BCUT2D eigenvalue weighted by atomic mass is 16.1. The van der Waals surface area contributed by atoms with Crippen molar-refractivity contribution in [3.63, 3.8) is 0 Å². The molecule has 0 atom stereocenters. The van der Waals surface area contributed by atoms with Gasteiger partial charge in [0.25, 0.3) is 5.56 Å². The first-order valence-electron chi connectivity index (χ1n) is 4.75. The second-order valence-electron chi connectivity index (χ2n) is 3.51. The van der Waals surface area contributed by atoms with Gasteiger partial charge in [-0.2, -0.15) is 0 Å². The Morgan fingerprint density at radius 1 is 1.38 bits per heavy atom. The molecule has 0 aliphatic heterocycles. The minimum atomic E-state index is -0.0110. The number of rotatable bonds is 1. The maximum atomic E-state index is 11.4. The van der Waals surface area contributed by atoms with Crippen LogP contribution < -0.4 is 11.3 Å². The summed E-state index contributed by atoms with van der Waals surface area (Å²) in [7, 11) is 0. The Labute approximate surface area is 77.0 Å². The fourth-order valence-electron chi connectivity index (χ4n) is 2.03. The third-order valence-electron chi connectivity index (χ3n) is 2.73. The first kappa shape index (κ1) is 8.51. The van der Waals surface area contributed by atoms with Crippen LogP contribution in [0.1, 0.15) is 29.5 Å². The summed E-state index contributed by atoms with van der Waals surface area (Å²) in [5, 5.41) is 0. The number of aromatic nitrogens is 1. The van der Waals surface area contributed by atoms with Crippen molar-refractivity contribution < 1.29 is 0 Å². The van der Waals surface area contributed by atoms with Crippen LogP contribution in [0.15, 0.2) is 11.0 Å². The predicted molar refractivity (Wildman–Crippen MR) is 51.6 cm³/mol. The van der Waals surface area contributed by atoms with Crippen LogP contribution in [0.4, 0.5) is 0 Å². The molecule has 70 valence electrons. The van der Waals surface area contributed by atoms with Gasteiger partial charge in [0.15, 0.2) is 0 Å². The van der Waals surface area contributed by atoms with Gasteiger partial charge in [0.05, 0.1) is 0 Å². The predicted octanol–water partition coefficient (Wildman–Crippen LogP) is 0.712. The van der Waals surface area contributed by atoms with E-state index in [2.05, 4.69) is 4.98 Å². The highest BCUT2D eigenvalue weighted by Crippen LogP contribution is 2.21. The van der Waals surface area contributed by atoms with Gasteiger partial charge < -0.3 is 10.7 Å². The molecule has 0 aromatic carbocycles. The third-order valence-corrected chi connectivity index (χ3v) is 2.73. The Kier molecular flexibility index (Phi) is 2.19. The molecule has 0 bridgehead atoms. The standard InChI is InChI=1S/C10H14N2O/c11-5-9-8-4-2-1-3-7(8)6-12-10(9)13/h6H,1-5,11H2,(H,12,13). The van der Waals surface area contributed by atoms with Crippen LogP contribution in [-0.4, -0.2) is 4.98 Å². The maximum absolute atomic E-state index is 11.4. The molecule has 0 radical (unpaired) electrons. The van der Waals surface area contributed by atoms with Crippen molar-refractivity contribution in [2.75, 3.05) is 0 Å². The summed E-state index contributed by atoms with van der Waals surface area (Å²) < 4.78 is 0. The van der Waals surface area contributed by atoms with Crippen LogP contribution >= 0.6 is 0 Å². The van der Waals surface area contributed by atoms with E-state index in [1.165, 1.54) is 24.0 Å². The molecule has 0 saturated carbocycles. The molecule has 2 rings (SSSR count). The molecule has 1 aromatic heterocycles. The molecule has 0 fully saturated rings. The van der Waals surface area contributed by atoms with Gasteiger partial charge in [-0.1, -0.05) is 0 Å². The summed E-state index contributed by atoms with van der Waals surface area (Å²) in [6.07, 6.45) is 6.35. The normalized spacial score (nSPS) is 15.5. The Bertz CT molecular complexity index is 368. The number of nitrogens with two attached hydrogens (primary N) is 1. The molecule has 0 amide bonds. The van der Waals surface area contributed by atoms with Gasteiger partial charge in [-0.05, 0) is 36.8 Å². The Morgan fingerprint density at radius 2 is 2.15 bits per heavy atom. The zero-order chi connectivity index (χ0) is 9.26. The molecule has 3 N–H and O–H groups in total. The second-order valence-corrected chi connectivity index (χ2v) is 3.51. The van der Waals surface area contributed by atoms with Gasteiger partial charge in [0.1, 0.15) is 0 Å². The van der Waals surface area contributed by atoms with Crippen molar-refractivity contribution in [1.29, 1.82) is 0 Å². The Hall–Kier alpha value is -1.09. The molecule has 1 aliphatic carbocycles. The molecule has 0 unspecified atom stereocenters. The lowest BCUT2D eigenvalue weighted by molar-refractivity contribution is 0.671. The van der Waals surface area contributed by atoms with E-state index >= 15 is 0 Å². The minimum Gasteiger partial charge on any atom is -0.329 e. The van der Waals surface area contributed by atoms with E-state index < -0.39 is 0 Å². The van der Waals surface area contributed by atoms with Crippen molar-refractivity contribution in [2.24, 2.45) is 5.73 Å². The van der Waals surface area contributed by atoms with E-state index in [1.807, 2.05) is 6.20 Å². The van der Waals surface area contributed by atoms with Crippen LogP contribution in [0.25, 0.3) is 0 Å². The molecular formula is C10H14N2O. The zero-order valence-electron chi connectivity index (χ0n) is 7.60. The topological polar surface area (TPSA) is 58.9 Å². The van der Waals surface area contributed by atoms with Crippen LogP contribution in [0.3, 0.4) is 0 Å². The third kappa shape index (κ3) is 1.40. The van der Waals surface area contributed by atoms with E-state index in [-0.39, 0.29) is 5.56 Å². The highest BCUT2D eigenvalue weighted by Gasteiger charge is 2.14. The molecule has 1 heterocycles. The van der Waals surface area contributed by atoms with Crippen molar-refractivity contribution in [3.05, 3.63) is 33.2 Å². The molecule has 13 heavy (non-hydrogen) atoms. The van der Waals surface area contributed by atoms with E-state index in [0.29, 0.717) is 6.54 Å². The van der Waals surface area contributed by atoms with Crippen molar-refractivity contribution >= 4 is 0 Å². The molecular weight excluding hydrogens is 164 g/mol. The van der Waals surface area contributed by atoms with E-state index in [9.17, 15) is 4.79 Å². The average molecular weight is 178 g/mol. The van der Waals surface area contributed by atoms with Crippen LogP contribution in [0, 0.1) is 0 Å². The van der Waals surface area contributed by atoms with Gasteiger partial charge in [-0.25, -0.2) is 0 Å². The van der Waals surface area contributed by atoms with Crippen LogP contribution in [0.2, 0.25) is 0 Å². The Balaban J connectivity index is 2.59. The molecule has 3 nitrogen and oxygen atoms in total. The van der Waals surface area contributed by atoms with Crippen LogP contribution in [-0.2, 0) is 19.4 Å². The number of hydrogen-bond acceptors (Lipinski definition) is 2. The summed E-state index contributed by atoms with van der Waals surface area (Å²) in [5.74, 6) is 0. The van der Waals surface area contributed by atoms with Crippen molar-refractivity contribution in [3.8, 4) is 0 Å². The summed E-state index contributed by atoms with van der Waals surface area (Å²) in [5.41, 5.74) is 8.82. The molecule has 0 spiro atoms. The van der Waals surface area contributed by atoms with E-state index in [1.54, 1.807) is 0 Å². The molecule has 1 aliphatic rings.